The average Bonchev–Trinajstić information content (AvgIpc) is 3.01. The number of hydrogen-bond acceptors (Lipinski definition) is 6. The number of ether oxygens (including phenoxy) is 2. The predicted octanol–water partition coefficient (Wildman–Crippen LogP) is 5.34. The van der Waals surface area contributed by atoms with Crippen LogP contribution in [0.3, 0.4) is 0 Å². The lowest BCUT2D eigenvalue weighted by molar-refractivity contribution is -0.121. The van der Waals surface area contributed by atoms with Gasteiger partial charge >= 0.3 is 5.97 Å². The highest BCUT2D eigenvalue weighted by Crippen LogP contribution is 2.39. The molecule has 1 fully saturated rings. The lowest BCUT2D eigenvalue weighted by Crippen LogP contribution is -2.23. The van der Waals surface area contributed by atoms with Gasteiger partial charge in [0.15, 0.2) is 16.7 Å². The molecular weight excluding hydrogens is 496 g/mol. The molecule has 166 valence electrons. The Morgan fingerprint density at radius 2 is 2.09 bits per heavy atom. The van der Waals surface area contributed by atoms with Crippen LogP contribution in [0, 0.1) is 0 Å². The highest BCUT2D eigenvalue weighted by atomic mass is 79.9. The number of carboxylic acid groups (broad SMARTS) is 1. The molecule has 0 atom stereocenters. The van der Waals surface area contributed by atoms with Crippen molar-refractivity contribution in [2.75, 3.05) is 20.3 Å². The van der Waals surface area contributed by atoms with Gasteiger partial charge in [0.05, 0.1) is 27.2 Å². The Labute approximate surface area is 198 Å². The molecule has 32 heavy (non-hydrogen) atoms. The molecule has 2 aromatic carbocycles. The summed E-state index contributed by atoms with van der Waals surface area (Å²) in [7, 11) is 1.63. The number of nitrogens with zero attached hydrogens (tertiary/aromatic N) is 2. The van der Waals surface area contributed by atoms with E-state index in [1.165, 1.54) is 28.8 Å². The van der Waals surface area contributed by atoms with E-state index in [1.54, 1.807) is 37.4 Å². The highest BCUT2D eigenvalue weighted by Gasteiger charge is 2.30. The van der Waals surface area contributed by atoms with E-state index in [9.17, 15) is 9.59 Å². The topological polar surface area (TPSA) is 88.4 Å². The molecule has 0 radical (unpaired) electrons. The van der Waals surface area contributed by atoms with E-state index in [2.05, 4.69) is 27.5 Å². The smallest absolute Gasteiger partial charge is 0.335 e. The molecule has 1 saturated heterocycles. The summed E-state index contributed by atoms with van der Waals surface area (Å²) in [6.45, 7) is 6.33. The van der Waals surface area contributed by atoms with E-state index in [1.807, 2.05) is 13.0 Å². The Balaban J connectivity index is 1.92. The third kappa shape index (κ3) is 5.41. The van der Waals surface area contributed by atoms with E-state index >= 15 is 0 Å². The number of aliphatic imine (C=N–C) groups is 1. The van der Waals surface area contributed by atoms with Crippen LogP contribution >= 0.6 is 27.7 Å². The molecule has 0 aromatic heterocycles. The summed E-state index contributed by atoms with van der Waals surface area (Å²) in [5.74, 6) is -0.118. The Hall–Kier alpha value is -3.04. The number of thioether (sulfide) groups is 1. The number of carboxylic acids is 1. The molecule has 1 aliphatic rings. The van der Waals surface area contributed by atoms with Gasteiger partial charge in [-0.05, 0) is 76.6 Å². The lowest BCUT2D eigenvalue weighted by atomic mass is 10.2. The van der Waals surface area contributed by atoms with Crippen molar-refractivity contribution in [3.8, 4) is 11.5 Å². The Kier molecular flexibility index (Phi) is 7.76. The summed E-state index contributed by atoms with van der Waals surface area (Å²) in [6.07, 6.45) is 3.40. The first-order valence-corrected chi connectivity index (χ1v) is 11.2. The van der Waals surface area contributed by atoms with Gasteiger partial charge in [0.1, 0.15) is 6.61 Å². The zero-order valence-corrected chi connectivity index (χ0v) is 19.9. The van der Waals surface area contributed by atoms with Gasteiger partial charge in [-0.1, -0.05) is 18.7 Å². The molecule has 0 unspecified atom stereocenters. The second-order valence-corrected chi connectivity index (χ2v) is 8.45. The number of halogens is 1. The van der Waals surface area contributed by atoms with E-state index in [-0.39, 0.29) is 11.5 Å². The average molecular weight is 517 g/mol. The molecule has 0 saturated carbocycles. The molecule has 2 aromatic rings. The first kappa shape index (κ1) is 23.6. The Morgan fingerprint density at radius 3 is 2.78 bits per heavy atom. The minimum atomic E-state index is -1.03. The van der Waals surface area contributed by atoms with Crippen molar-refractivity contribution in [3.05, 3.63) is 69.6 Å². The van der Waals surface area contributed by atoms with E-state index in [0.717, 1.165) is 5.56 Å². The fourth-order valence-electron chi connectivity index (χ4n) is 2.84. The summed E-state index contributed by atoms with van der Waals surface area (Å²) < 4.78 is 12.1. The molecule has 9 heteroatoms. The van der Waals surface area contributed by atoms with Gasteiger partial charge in [0, 0.05) is 7.05 Å². The van der Waals surface area contributed by atoms with Crippen molar-refractivity contribution < 1.29 is 24.2 Å². The van der Waals surface area contributed by atoms with Gasteiger partial charge in [-0.25, -0.2) is 9.79 Å². The number of benzene rings is 2. The van der Waals surface area contributed by atoms with Gasteiger partial charge in [-0.2, -0.15) is 0 Å². The van der Waals surface area contributed by atoms with Crippen LogP contribution in [0.15, 0.2) is 63.4 Å². The van der Waals surface area contributed by atoms with Crippen LogP contribution < -0.4 is 9.47 Å². The molecule has 0 bridgehead atoms. The molecule has 3 rings (SSSR count). The van der Waals surface area contributed by atoms with Crippen molar-refractivity contribution in [2.45, 2.75) is 6.92 Å². The Morgan fingerprint density at radius 1 is 1.31 bits per heavy atom. The first-order chi connectivity index (χ1) is 15.3. The van der Waals surface area contributed by atoms with Crippen LogP contribution in [0.2, 0.25) is 0 Å². The third-order valence-corrected chi connectivity index (χ3v) is 5.95. The van der Waals surface area contributed by atoms with Gasteiger partial charge in [0.2, 0.25) is 0 Å². The maximum absolute atomic E-state index is 12.8. The summed E-state index contributed by atoms with van der Waals surface area (Å²) in [5.41, 5.74) is 1.34. The number of amidine groups is 1. The second-order valence-electron chi connectivity index (χ2n) is 6.59. The van der Waals surface area contributed by atoms with Crippen LogP contribution in [0.1, 0.15) is 22.8 Å². The van der Waals surface area contributed by atoms with E-state index in [4.69, 9.17) is 14.6 Å². The number of carbonyl (C=O) groups excluding carboxylic acids is 1. The number of amides is 1. The fraction of sp³-hybridized carbons (Fsp3) is 0.174. The molecule has 1 aliphatic heterocycles. The van der Waals surface area contributed by atoms with E-state index in [0.29, 0.717) is 44.9 Å². The van der Waals surface area contributed by atoms with Gasteiger partial charge in [-0.15, -0.1) is 0 Å². The molecule has 1 heterocycles. The second kappa shape index (κ2) is 10.5. The largest absolute Gasteiger partial charge is 0.490 e. The van der Waals surface area contributed by atoms with Crippen LogP contribution in [0.5, 0.6) is 11.5 Å². The van der Waals surface area contributed by atoms with Gasteiger partial charge in [0.25, 0.3) is 5.91 Å². The van der Waals surface area contributed by atoms with Crippen molar-refractivity contribution in [2.24, 2.45) is 4.99 Å². The summed E-state index contributed by atoms with van der Waals surface area (Å²) in [6, 6.07) is 9.90. The molecular formula is C23H21BrN2O5S. The molecule has 0 spiro atoms. The normalized spacial score (nSPS) is 16.0. The first-order valence-electron chi connectivity index (χ1n) is 9.63. The van der Waals surface area contributed by atoms with E-state index < -0.39 is 5.97 Å². The standard InChI is InChI=1S/C23H21BrN2O5S/c1-4-9-31-20-17(24)10-14(11-18(20)30-5-2)12-19-21(27)26(3)23(32-19)25-16-8-6-7-15(13-16)22(28)29/h4,6-8,10-13H,1,5,9H2,2-3H3,(H,28,29). The molecule has 1 amide bonds. The Bertz CT molecular complexity index is 1130. The predicted molar refractivity (Wildman–Crippen MR) is 130 cm³/mol. The number of hydrogen-bond donors (Lipinski definition) is 1. The molecule has 1 N–H and O–H groups in total. The minimum Gasteiger partial charge on any atom is -0.490 e. The van der Waals surface area contributed by atoms with Crippen LogP contribution in [-0.2, 0) is 4.79 Å². The quantitative estimate of drug-likeness (QED) is 0.376. The SMILES string of the molecule is C=CCOc1c(Br)cc(C=C2SC(=Nc3cccc(C(=O)O)c3)N(C)C2=O)cc1OCC. The monoisotopic (exact) mass is 516 g/mol. The zero-order chi connectivity index (χ0) is 23.3. The molecule has 7 nitrogen and oxygen atoms in total. The summed E-state index contributed by atoms with van der Waals surface area (Å²) >= 11 is 4.72. The maximum atomic E-state index is 12.8. The number of likely N-dealkylation sites (N-methyl/N-ethyl adjacent to an activating group) is 1. The maximum Gasteiger partial charge on any atom is 0.335 e. The van der Waals surface area contributed by atoms with Gasteiger partial charge in [-0.3, -0.25) is 9.69 Å². The van der Waals surface area contributed by atoms with Crippen molar-refractivity contribution in [1.29, 1.82) is 0 Å². The fourth-order valence-corrected chi connectivity index (χ4v) is 4.40. The van der Waals surface area contributed by atoms with Crippen molar-refractivity contribution >= 4 is 56.5 Å². The summed E-state index contributed by atoms with van der Waals surface area (Å²) in [4.78, 5) is 30.3. The minimum absolute atomic E-state index is 0.131. The summed E-state index contributed by atoms with van der Waals surface area (Å²) in [5, 5.41) is 9.62. The van der Waals surface area contributed by atoms with Crippen molar-refractivity contribution in [1.82, 2.24) is 4.90 Å². The zero-order valence-electron chi connectivity index (χ0n) is 17.5. The van der Waals surface area contributed by atoms with Crippen molar-refractivity contribution in [3.63, 3.8) is 0 Å². The highest BCUT2D eigenvalue weighted by molar-refractivity contribution is 9.10. The lowest BCUT2D eigenvalue weighted by Gasteiger charge is -2.13. The molecule has 0 aliphatic carbocycles. The van der Waals surface area contributed by atoms with Crippen LogP contribution in [0.25, 0.3) is 6.08 Å². The number of carbonyl (C=O) groups is 2. The third-order valence-electron chi connectivity index (χ3n) is 4.30. The number of aromatic carboxylic acids is 1. The number of rotatable bonds is 8. The van der Waals surface area contributed by atoms with Crippen LogP contribution in [0.4, 0.5) is 5.69 Å². The van der Waals surface area contributed by atoms with Crippen LogP contribution in [-0.4, -0.2) is 47.3 Å². The van der Waals surface area contributed by atoms with Gasteiger partial charge < -0.3 is 14.6 Å².